The van der Waals surface area contributed by atoms with Crippen molar-refractivity contribution < 1.29 is 32.3 Å². The number of carbonyl (C=O) groups is 3. The number of amides is 2. The van der Waals surface area contributed by atoms with Crippen molar-refractivity contribution in [2.75, 3.05) is 13.2 Å². The molecule has 0 aromatic heterocycles. The maximum Gasteiger partial charge on any atom is 0.338 e. The Labute approximate surface area is 200 Å². The quantitative estimate of drug-likeness (QED) is 0.534. The third-order valence-electron chi connectivity index (χ3n) is 6.58. The van der Waals surface area contributed by atoms with Gasteiger partial charge in [0.1, 0.15) is 6.61 Å². The van der Waals surface area contributed by atoms with E-state index in [4.69, 9.17) is 9.47 Å². The molecule has 1 unspecified atom stereocenters. The highest BCUT2D eigenvalue weighted by atomic mass is 32.2. The molecule has 1 aliphatic carbocycles. The van der Waals surface area contributed by atoms with Crippen LogP contribution >= 0.6 is 0 Å². The van der Waals surface area contributed by atoms with Crippen molar-refractivity contribution in [3.8, 4) is 0 Å². The van der Waals surface area contributed by atoms with E-state index in [0.29, 0.717) is 19.3 Å². The first kappa shape index (κ1) is 25.7. The first-order valence-electron chi connectivity index (χ1n) is 11.5. The first-order valence-corrected chi connectivity index (χ1v) is 13.0. The van der Waals surface area contributed by atoms with E-state index in [1.807, 2.05) is 13.8 Å². The molecule has 1 atom stereocenters. The van der Waals surface area contributed by atoms with Gasteiger partial charge in [-0.05, 0) is 63.3 Å². The molecule has 0 radical (unpaired) electrons. The summed E-state index contributed by atoms with van der Waals surface area (Å²) < 4.78 is 36.2. The van der Waals surface area contributed by atoms with Crippen LogP contribution in [0.5, 0.6) is 0 Å². The predicted molar refractivity (Wildman–Crippen MR) is 125 cm³/mol. The van der Waals surface area contributed by atoms with Gasteiger partial charge in [-0.15, -0.1) is 0 Å². The Kier molecular flexibility index (Phi) is 7.70. The van der Waals surface area contributed by atoms with Crippen molar-refractivity contribution in [1.29, 1.82) is 0 Å². The van der Waals surface area contributed by atoms with Crippen LogP contribution in [0.4, 0.5) is 4.79 Å². The van der Waals surface area contributed by atoms with E-state index >= 15 is 0 Å². The van der Waals surface area contributed by atoms with Crippen LogP contribution in [0.3, 0.4) is 0 Å². The average Bonchev–Trinajstić information content (AvgIpc) is 3.30. The number of sulfone groups is 1. The highest BCUT2D eigenvalue weighted by Gasteiger charge is 2.54. The van der Waals surface area contributed by atoms with Crippen molar-refractivity contribution >= 4 is 27.8 Å². The molecule has 0 saturated heterocycles. The summed E-state index contributed by atoms with van der Waals surface area (Å²) in [5.41, 5.74) is 2.02. The van der Waals surface area contributed by atoms with Crippen molar-refractivity contribution in [2.24, 2.45) is 0 Å². The molecule has 0 spiro atoms. The standard InChI is InChI=1S/C24H32N2O7S/c1-5-18-20(21(27)32-6-2)19(26-23(29)25-18)14-33-22(28)24(11-7-8-12-24)34(30,31)17-10-9-15(3)16(4)13-17/h9-10,13,18H,5-8,11-12,14H2,1-4H3,(H2,25,26,29). The summed E-state index contributed by atoms with van der Waals surface area (Å²) in [6.07, 6.45) is 1.87. The van der Waals surface area contributed by atoms with Crippen LogP contribution in [-0.4, -0.2) is 50.4 Å². The summed E-state index contributed by atoms with van der Waals surface area (Å²) in [5.74, 6) is -1.51. The Morgan fingerprint density at radius 3 is 2.35 bits per heavy atom. The van der Waals surface area contributed by atoms with E-state index in [1.165, 1.54) is 6.07 Å². The number of esters is 2. The fourth-order valence-corrected chi connectivity index (χ4v) is 6.61. The number of ether oxygens (including phenoxy) is 2. The van der Waals surface area contributed by atoms with Crippen molar-refractivity contribution in [2.45, 2.75) is 75.5 Å². The number of nitrogens with one attached hydrogen (secondary N) is 2. The summed E-state index contributed by atoms with van der Waals surface area (Å²) in [6, 6.07) is 3.68. The lowest BCUT2D eigenvalue weighted by atomic mass is 10.0. The number of rotatable bonds is 8. The minimum atomic E-state index is -4.04. The Balaban J connectivity index is 1.93. The molecule has 2 amide bonds. The Morgan fingerprint density at radius 1 is 1.09 bits per heavy atom. The molecule has 186 valence electrons. The largest absolute Gasteiger partial charge is 0.463 e. The summed E-state index contributed by atoms with van der Waals surface area (Å²) in [5, 5.41) is 5.16. The van der Waals surface area contributed by atoms with Gasteiger partial charge in [0, 0.05) is 0 Å². The van der Waals surface area contributed by atoms with Gasteiger partial charge in [-0.1, -0.05) is 25.8 Å². The van der Waals surface area contributed by atoms with Crippen LogP contribution < -0.4 is 10.6 Å². The van der Waals surface area contributed by atoms with Crippen LogP contribution in [0.25, 0.3) is 0 Å². The first-order chi connectivity index (χ1) is 16.1. The van der Waals surface area contributed by atoms with Gasteiger partial charge in [-0.25, -0.2) is 18.0 Å². The topological polar surface area (TPSA) is 128 Å². The molecule has 1 heterocycles. The van der Waals surface area contributed by atoms with Crippen LogP contribution in [0.15, 0.2) is 34.4 Å². The second-order valence-electron chi connectivity index (χ2n) is 8.70. The van der Waals surface area contributed by atoms with E-state index in [2.05, 4.69) is 10.6 Å². The molecule has 2 N–H and O–H groups in total. The number of benzene rings is 1. The molecule has 1 saturated carbocycles. The fourth-order valence-electron chi connectivity index (χ4n) is 4.48. The van der Waals surface area contributed by atoms with Gasteiger partial charge in [-0.2, -0.15) is 0 Å². The Bertz CT molecular complexity index is 1120. The lowest BCUT2D eigenvalue weighted by molar-refractivity contribution is -0.146. The van der Waals surface area contributed by atoms with Crippen LogP contribution in [0.1, 0.15) is 57.1 Å². The Morgan fingerprint density at radius 2 is 1.76 bits per heavy atom. The van der Waals surface area contributed by atoms with Gasteiger partial charge in [0.15, 0.2) is 14.6 Å². The predicted octanol–water partition coefficient (Wildman–Crippen LogP) is 2.84. The summed E-state index contributed by atoms with van der Waals surface area (Å²) in [7, 11) is -4.04. The zero-order valence-electron chi connectivity index (χ0n) is 20.0. The number of carbonyl (C=O) groups excluding carboxylic acids is 3. The lowest BCUT2D eigenvalue weighted by Gasteiger charge is -2.30. The van der Waals surface area contributed by atoms with Crippen LogP contribution in [0, 0.1) is 13.8 Å². The monoisotopic (exact) mass is 492 g/mol. The molecule has 1 aromatic rings. The van der Waals surface area contributed by atoms with E-state index < -0.39 is 45.2 Å². The van der Waals surface area contributed by atoms with Gasteiger partial charge >= 0.3 is 18.0 Å². The molecule has 2 aliphatic rings. The molecule has 1 aliphatic heterocycles. The van der Waals surface area contributed by atoms with Gasteiger partial charge in [-0.3, -0.25) is 4.79 Å². The minimum absolute atomic E-state index is 0.0853. The molecule has 10 heteroatoms. The number of hydrogen-bond acceptors (Lipinski definition) is 7. The lowest BCUT2D eigenvalue weighted by Crippen LogP contribution is -2.51. The normalized spacial score (nSPS) is 19.9. The third-order valence-corrected chi connectivity index (χ3v) is 9.06. The Hall–Kier alpha value is -2.88. The zero-order valence-corrected chi connectivity index (χ0v) is 20.8. The van der Waals surface area contributed by atoms with Crippen LogP contribution in [-0.2, 0) is 28.9 Å². The molecule has 0 bridgehead atoms. The second-order valence-corrected chi connectivity index (χ2v) is 11.0. The molecule has 1 aromatic carbocycles. The van der Waals surface area contributed by atoms with Crippen molar-refractivity contribution in [3.63, 3.8) is 0 Å². The third kappa shape index (κ3) is 4.68. The van der Waals surface area contributed by atoms with Crippen LogP contribution in [0.2, 0.25) is 0 Å². The maximum absolute atomic E-state index is 13.7. The maximum atomic E-state index is 13.7. The molecule has 1 fully saturated rings. The second kappa shape index (κ2) is 10.2. The highest BCUT2D eigenvalue weighted by molar-refractivity contribution is 7.93. The SMILES string of the molecule is CCOC(=O)C1=C(COC(=O)C2(S(=O)(=O)c3ccc(C)c(C)c3)CCCC2)NC(=O)NC1CC. The molecular formula is C24H32N2O7S. The summed E-state index contributed by atoms with van der Waals surface area (Å²) >= 11 is 0. The van der Waals surface area contributed by atoms with Gasteiger partial charge in [0.2, 0.25) is 0 Å². The van der Waals surface area contributed by atoms with E-state index in [0.717, 1.165) is 11.1 Å². The summed E-state index contributed by atoms with van der Waals surface area (Å²) in [6.45, 7) is 6.86. The summed E-state index contributed by atoms with van der Waals surface area (Å²) in [4.78, 5) is 38.1. The smallest absolute Gasteiger partial charge is 0.338 e. The van der Waals surface area contributed by atoms with Gasteiger partial charge in [0.25, 0.3) is 0 Å². The molecule has 9 nitrogen and oxygen atoms in total. The van der Waals surface area contributed by atoms with E-state index in [-0.39, 0.29) is 35.6 Å². The number of hydrogen-bond donors (Lipinski definition) is 2. The molecular weight excluding hydrogens is 460 g/mol. The number of urea groups is 1. The molecule has 3 rings (SSSR count). The van der Waals surface area contributed by atoms with Crippen molar-refractivity contribution in [3.05, 3.63) is 40.6 Å². The average molecular weight is 493 g/mol. The zero-order chi connectivity index (χ0) is 25.1. The van der Waals surface area contributed by atoms with E-state index in [1.54, 1.807) is 26.0 Å². The van der Waals surface area contributed by atoms with Gasteiger partial charge < -0.3 is 20.1 Å². The number of aryl methyl sites for hydroxylation is 2. The molecule has 34 heavy (non-hydrogen) atoms. The van der Waals surface area contributed by atoms with Gasteiger partial charge in [0.05, 0.1) is 28.8 Å². The fraction of sp³-hybridized carbons (Fsp3) is 0.542. The minimum Gasteiger partial charge on any atom is -0.463 e. The van der Waals surface area contributed by atoms with Crippen molar-refractivity contribution in [1.82, 2.24) is 10.6 Å². The highest BCUT2D eigenvalue weighted by Crippen LogP contribution is 2.42. The van der Waals surface area contributed by atoms with E-state index in [9.17, 15) is 22.8 Å².